The number of fused-ring (bicyclic) bond motifs is 1. The Morgan fingerprint density at radius 3 is 2.38 bits per heavy atom. The average molecular weight is 518 g/mol. The van der Waals surface area contributed by atoms with E-state index in [2.05, 4.69) is 17.0 Å². The zero-order valence-corrected chi connectivity index (χ0v) is 20.3. The molecule has 10 heteroatoms. The van der Waals surface area contributed by atoms with E-state index in [-0.39, 0.29) is 16.4 Å². The lowest BCUT2D eigenvalue weighted by Crippen LogP contribution is -2.44. The van der Waals surface area contributed by atoms with Gasteiger partial charge in [0.1, 0.15) is 17.5 Å². The predicted molar refractivity (Wildman–Crippen MR) is 125 cm³/mol. The van der Waals surface area contributed by atoms with Crippen LogP contribution in [0.2, 0.25) is 10.2 Å². The number of nitrogens with zero attached hydrogens (tertiary/aromatic N) is 3. The number of likely N-dealkylation sites (tertiary alicyclic amines) is 1. The molecule has 1 aromatic heterocycles. The minimum absolute atomic E-state index is 0.124. The highest BCUT2D eigenvalue weighted by Gasteiger charge is 2.37. The van der Waals surface area contributed by atoms with Gasteiger partial charge in [-0.25, -0.2) is 9.07 Å². The van der Waals surface area contributed by atoms with Gasteiger partial charge in [-0.3, -0.25) is 0 Å². The molecule has 3 aromatic rings. The smallest absolute Gasteiger partial charge is 0.373 e. The van der Waals surface area contributed by atoms with Crippen LogP contribution >= 0.6 is 23.2 Å². The molecule has 1 atom stereocenters. The topological polar surface area (TPSA) is 30.3 Å². The summed E-state index contributed by atoms with van der Waals surface area (Å²) in [5.41, 5.74) is 1.58. The SMILES string of the molecule is C[C@@H](OCC1(c2ccc(F)cc2)CCN(C)CC1)c1cc(Cl)cc2c(Cl)n(CC(F)(F)F)nc12. The molecule has 34 heavy (non-hydrogen) atoms. The monoisotopic (exact) mass is 517 g/mol. The van der Waals surface area contributed by atoms with Crippen LogP contribution in [0.3, 0.4) is 0 Å². The van der Waals surface area contributed by atoms with Crippen LogP contribution in [0.1, 0.15) is 37.0 Å². The fourth-order valence-corrected chi connectivity index (χ4v) is 4.99. The van der Waals surface area contributed by atoms with E-state index in [1.54, 1.807) is 18.2 Å². The van der Waals surface area contributed by atoms with E-state index in [9.17, 15) is 17.6 Å². The van der Waals surface area contributed by atoms with Crippen molar-refractivity contribution in [1.82, 2.24) is 14.7 Å². The average Bonchev–Trinajstić information content (AvgIpc) is 3.07. The molecule has 2 aromatic carbocycles. The van der Waals surface area contributed by atoms with Crippen molar-refractivity contribution in [2.24, 2.45) is 0 Å². The minimum Gasteiger partial charge on any atom is -0.373 e. The first kappa shape index (κ1) is 25.2. The van der Waals surface area contributed by atoms with Crippen LogP contribution in [0.4, 0.5) is 17.6 Å². The summed E-state index contributed by atoms with van der Waals surface area (Å²) in [6, 6.07) is 9.65. The van der Waals surface area contributed by atoms with Crippen LogP contribution in [-0.2, 0) is 16.7 Å². The second kappa shape index (κ2) is 9.64. The van der Waals surface area contributed by atoms with Crippen molar-refractivity contribution in [3.8, 4) is 0 Å². The van der Waals surface area contributed by atoms with Crippen LogP contribution in [0.5, 0.6) is 0 Å². The summed E-state index contributed by atoms with van der Waals surface area (Å²) in [6.07, 6.45) is -3.31. The lowest BCUT2D eigenvalue weighted by molar-refractivity contribution is -0.142. The molecule has 4 rings (SSSR count). The molecule has 0 spiro atoms. The number of alkyl halides is 3. The van der Waals surface area contributed by atoms with E-state index < -0.39 is 18.8 Å². The normalized spacial score (nSPS) is 17.9. The Balaban J connectivity index is 1.63. The maximum absolute atomic E-state index is 13.6. The largest absolute Gasteiger partial charge is 0.408 e. The summed E-state index contributed by atoms with van der Waals surface area (Å²) in [4.78, 5) is 2.24. The number of ether oxygens (including phenoxy) is 1. The molecule has 0 N–H and O–H groups in total. The molecule has 0 bridgehead atoms. The van der Waals surface area contributed by atoms with Crippen molar-refractivity contribution in [3.63, 3.8) is 0 Å². The standard InChI is InChI=1S/C24H25Cl2F4N3O/c1-15(19-11-17(25)12-20-21(19)31-33(22(20)26)13-24(28,29)30)34-14-23(7-9-32(2)10-8-23)16-3-5-18(27)6-4-16/h3-6,11-12,15H,7-10,13-14H2,1-2H3/t15-/m1/s1. The molecule has 184 valence electrons. The highest BCUT2D eigenvalue weighted by molar-refractivity contribution is 6.36. The maximum atomic E-state index is 13.6. The summed E-state index contributed by atoms with van der Waals surface area (Å²) in [7, 11) is 2.06. The third kappa shape index (κ3) is 5.35. The highest BCUT2D eigenvalue weighted by atomic mass is 35.5. The zero-order chi connectivity index (χ0) is 24.7. The van der Waals surface area contributed by atoms with Gasteiger partial charge in [0.15, 0.2) is 0 Å². The van der Waals surface area contributed by atoms with Crippen molar-refractivity contribution in [1.29, 1.82) is 0 Å². The van der Waals surface area contributed by atoms with Crippen molar-refractivity contribution >= 4 is 34.1 Å². The van der Waals surface area contributed by atoms with Gasteiger partial charge in [-0.1, -0.05) is 35.3 Å². The highest BCUT2D eigenvalue weighted by Crippen LogP contribution is 2.39. The number of benzene rings is 2. The van der Waals surface area contributed by atoms with Crippen molar-refractivity contribution < 1.29 is 22.3 Å². The zero-order valence-electron chi connectivity index (χ0n) is 18.8. The molecule has 0 amide bonds. The van der Waals surface area contributed by atoms with Gasteiger partial charge in [-0.2, -0.15) is 18.3 Å². The first-order chi connectivity index (χ1) is 16.0. The van der Waals surface area contributed by atoms with Crippen LogP contribution in [0, 0.1) is 5.82 Å². The maximum Gasteiger partial charge on any atom is 0.408 e. The Labute approximate surface area is 205 Å². The first-order valence-electron chi connectivity index (χ1n) is 11.0. The van der Waals surface area contributed by atoms with Crippen molar-refractivity contribution in [2.45, 2.75) is 44.0 Å². The molecule has 1 saturated heterocycles. The Bertz CT molecular complexity index is 1160. The van der Waals surface area contributed by atoms with E-state index in [1.165, 1.54) is 18.2 Å². The van der Waals surface area contributed by atoms with Crippen LogP contribution in [-0.4, -0.2) is 47.6 Å². The number of piperidine rings is 1. The second-order valence-corrected chi connectivity index (χ2v) is 9.79. The summed E-state index contributed by atoms with van der Waals surface area (Å²) in [5, 5.41) is 4.68. The molecule has 1 aliphatic heterocycles. The minimum atomic E-state index is -4.46. The Morgan fingerprint density at radius 2 is 1.76 bits per heavy atom. The molecule has 1 fully saturated rings. The number of rotatable bonds is 6. The molecule has 4 nitrogen and oxygen atoms in total. The molecule has 1 aliphatic rings. The fraction of sp³-hybridized carbons (Fsp3) is 0.458. The predicted octanol–water partition coefficient (Wildman–Crippen LogP) is 6.79. The molecule has 0 saturated carbocycles. The van der Waals surface area contributed by atoms with Gasteiger partial charge < -0.3 is 9.64 Å². The van der Waals surface area contributed by atoms with Gasteiger partial charge in [0.25, 0.3) is 0 Å². The van der Waals surface area contributed by atoms with Crippen molar-refractivity contribution in [2.75, 3.05) is 26.7 Å². The first-order valence-corrected chi connectivity index (χ1v) is 11.7. The molecule has 0 radical (unpaired) electrons. The van der Waals surface area contributed by atoms with E-state index >= 15 is 0 Å². The van der Waals surface area contributed by atoms with Crippen LogP contribution < -0.4 is 0 Å². The third-order valence-electron chi connectivity index (χ3n) is 6.55. The lowest BCUT2D eigenvalue weighted by Gasteiger charge is -2.41. The van der Waals surface area contributed by atoms with Gasteiger partial charge in [-0.15, -0.1) is 0 Å². The Morgan fingerprint density at radius 1 is 1.12 bits per heavy atom. The van der Waals surface area contributed by atoms with E-state index in [1.807, 2.05) is 6.92 Å². The van der Waals surface area contributed by atoms with Gasteiger partial charge in [0.2, 0.25) is 0 Å². The lowest BCUT2D eigenvalue weighted by atomic mass is 9.73. The number of halogens is 6. The summed E-state index contributed by atoms with van der Waals surface area (Å²) in [5.74, 6) is -0.297. The van der Waals surface area contributed by atoms with Gasteiger partial charge in [0.05, 0.1) is 18.2 Å². The van der Waals surface area contributed by atoms with Gasteiger partial charge >= 0.3 is 6.18 Å². The fourth-order valence-electron chi connectivity index (χ4n) is 4.52. The van der Waals surface area contributed by atoms with E-state index in [0.717, 1.165) is 36.2 Å². The summed E-state index contributed by atoms with van der Waals surface area (Å²) in [6.45, 7) is 2.61. The molecule has 2 heterocycles. The van der Waals surface area contributed by atoms with Crippen LogP contribution in [0.25, 0.3) is 10.9 Å². The molecular formula is C24H25Cl2F4N3O. The second-order valence-electron chi connectivity index (χ2n) is 9.00. The number of hydrogen-bond donors (Lipinski definition) is 0. The Kier molecular flexibility index (Phi) is 7.16. The van der Waals surface area contributed by atoms with Gasteiger partial charge in [-0.05, 0) is 69.7 Å². The Hall–Kier alpha value is -1.87. The quantitative estimate of drug-likeness (QED) is 0.337. The molecule has 0 unspecified atom stereocenters. The summed E-state index contributed by atoms with van der Waals surface area (Å²) >= 11 is 12.5. The van der Waals surface area contributed by atoms with Crippen LogP contribution in [0.15, 0.2) is 36.4 Å². The van der Waals surface area contributed by atoms with E-state index in [4.69, 9.17) is 27.9 Å². The third-order valence-corrected chi connectivity index (χ3v) is 7.17. The molecular weight excluding hydrogens is 493 g/mol. The molecule has 0 aliphatic carbocycles. The summed E-state index contributed by atoms with van der Waals surface area (Å²) < 4.78 is 59.5. The number of hydrogen-bond acceptors (Lipinski definition) is 3. The van der Waals surface area contributed by atoms with Crippen molar-refractivity contribution in [3.05, 3.63) is 63.5 Å². The van der Waals surface area contributed by atoms with Gasteiger partial charge in [0, 0.05) is 21.4 Å². The number of aromatic nitrogens is 2. The van der Waals surface area contributed by atoms with E-state index in [0.29, 0.717) is 28.1 Å².